The molecule has 2 N–H and O–H groups in total. The molecule has 2 heterocycles. The number of hydrogen-bond acceptors (Lipinski definition) is 6. The molecule has 39 heavy (non-hydrogen) atoms. The predicted octanol–water partition coefficient (Wildman–Crippen LogP) is 5.93. The van der Waals surface area contributed by atoms with E-state index >= 15 is 0 Å². The van der Waals surface area contributed by atoms with Gasteiger partial charge in [-0.3, -0.25) is 9.11 Å². The van der Waals surface area contributed by atoms with Crippen molar-refractivity contribution < 1.29 is 25.9 Å². The summed E-state index contributed by atoms with van der Waals surface area (Å²) in [6.45, 7) is 2.25. The van der Waals surface area contributed by atoms with E-state index in [-0.39, 0.29) is 75.4 Å². The Morgan fingerprint density at radius 3 is 1.72 bits per heavy atom. The van der Waals surface area contributed by atoms with E-state index in [0.717, 1.165) is 31.7 Å². The van der Waals surface area contributed by atoms with Crippen LogP contribution in [0.15, 0.2) is 28.2 Å². The zero-order valence-electron chi connectivity index (χ0n) is 23.8. The van der Waals surface area contributed by atoms with E-state index in [9.17, 15) is 25.9 Å². The Hall–Kier alpha value is 0.180. The smallest absolute Gasteiger partial charge is 0.285 e. The zero-order valence-corrected chi connectivity index (χ0v) is 29.4. The Morgan fingerprint density at radius 1 is 0.769 bits per heavy atom. The average Bonchev–Trinajstić information content (AvgIpc) is 3.35. The van der Waals surface area contributed by atoms with Crippen LogP contribution in [0.1, 0.15) is 121 Å². The van der Waals surface area contributed by atoms with Gasteiger partial charge in [-0.25, -0.2) is 9.66 Å². The standard InChI is InChI=1S/C26H41N3O6S2.2Na/c1-2-3-4-5-6-7-8-9-10-11-12-13-14-15-16-17-22-25(37(33,34)35)26-27-23-20-21(36(30,31)32)18-19-24(23)29(26)28-22;;/h18-20,25H,2-17H2,1H3,(H,30,31,32)(H,33,34,35);;. The van der Waals surface area contributed by atoms with Crippen LogP contribution in [-0.4, -0.2) is 100 Å². The maximum absolute atomic E-state index is 12.2. The molecule has 1 unspecified atom stereocenters. The third-order valence-corrected chi connectivity index (χ3v) is 8.95. The second kappa shape index (κ2) is 18.0. The summed E-state index contributed by atoms with van der Waals surface area (Å²) in [5.74, 6) is 0.0287. The van der Waals surface area contributed by atoms with E-state index in [1.165, 1.54) is 87.4 Å². The van der Waals surface area contributed by atoms with Gasteiger partial charge in [-0.05, 0) is 31.0 Å². The van der Waals surface area contributed by atoms with E-state index < -0.39 is 25.5 Å². The number of rotatable bonds is 18. The van der Waals surface area contributed by atoms with Crippen molar-refractivity contribution >= 4 is 96.1 Å². The molecular formula is C26H41N3Na2O6S2. The number of hydrogen-bond donors (Lipinski definition) is 2. The van der Waals surface area contributed by atoms with Crippen molar-refractivity contribution in [1.29, 1.82) is 0 Å². The fourth-order valence-electron chi connectivity index (χ4n) is 4.99. The summed E-state index contributed by atoms with van der Waals surface area (Å²) in [5, 5.41) is 3.03. The van der Waals surface area contributed by atoms with Crippen molar-refractivity contribution in [2.24, 2.45) is 5.10 Å². The Balaban J connectivity index is 0.00000380. The second-order valence-corrected chi connectivity index (χ2v) is 13.0. The summed E-state index contributed by atoms with van der Waals surface area (Å²) in [6, 6.07) is 3.77. The first kappa shape index (κ1) is 37.2. The number of imidazole rings is 1. The number of nitrogens with zero attached hydrogens (tertiary/aromatic N) is 3. The molecule has 0 saturated carbocycles. The molecule has 0 spiro atoms. The number of unbranched alkanes of at least 4 members (excludes halogenated alkanes) is 14. The molecule has 3 rings (SSSR count). The molecule has 0 bridgehead atoms. The Bertz CT molecular complexity index is 1280. The van der Waals surface area contributed by atoms with Gasteiger partial charge in [0.05, 0.1) is 21.6 Å². The van der Waals surface area contributed by atoms with Gasteiger partial charge in [0.25, 0.3) is 20.2 Å². The van der Waals surface area contributed by atoms with Gasteiger partial charge in [-0.1, -0.05) is 96.8 Å². The van der Waals surface area contributed by atoms with Gasteiger partial charge in [0.15, 0.2) is 11.1 Å². The quantitative estimate of drug-likeness (QED) is 0.123. The van der Waals surface area contributed by atoms with Crippen LogP contribution in [0, 0.1) is 0 Å². The minimum absolute atomic E-state index is 0. The zero-order chi connectivity index (χ0) is 26.9. The SMILES string of the molecule is CCCCCCCCCCCCCCCCCC1=Nn2c(nc3cc(S(=O)(=O)O)ccc32)C1S(=O)(=O)O.[Na].[Na]. The van der Waals surface area contributed by atoms with Gasteiger partial charge in [0.1, 0.15) is 0 Å². The monoisotopic (exact) mass is 601 g/mol. The first-order chi connectivity index (χ1) is 17.6. The largest absolute Gasteiger partial charge is 0.294 e. The first-order valence-corrected chi connectivity index (χ1v) is 16.6. The summed E-state index contributed by atoms with van der Waals surface area (Å²) in [5.41, 5.74) is 0.913. The molecule has 9 nitrogen and oxygen atoms in total. The van der Waals surface area contributed by atoms with Crippen LogP contribution in [0.2, 0.25) is 0 Å². The molecule has 0 saturated heterocycles. The summed E-state index contributed by atoms with van der Waals surface area (Å²) in [4.78, 5) is 3.88. The van der Waals surface area contributed by atoms with Crippen molar-refractivity contribution in [3.63, 3.8) is 0 Å². The molecule has 13 heteroatoms. The molecular weight excluding hydrogens is 560 g/mol. The van der Waals surface area contributed by atoms with Gasteiger partial charge < -0.3 is 0 Å². The fraction of sp³-hybridized carbons (Fsp3) is 0.692. The van der Waals surface area contributed by atoms with Crippen LogP contribution in [0.25, 0.3) is 11.0 Å². The topological polar surface area (TPSA) is 139 Å². The summed E-state index contributed by atoms with van der Waals surface area (Å²) >= 11 is 0. The molecule has 2 aromatic rings. The average molecular weight is 602 g/mol. The van der Waals surface area contributed by atoms with Crippen molar-refractivity contribution in [2.75, 3.05) is 0 Å². The minimum Gasteiger partial charge on any atom is -0.285 e. The molecule has 1 aliphatic rings. The molecule has 0 fully saturated rings. The van der Waals surface area contributed by atoms with Crippen molar-refractivity contribution in [1.82, 2.24) is 9.66 Å². The van der Waals surface area contributed by atoms with Crippen LogP contribution < -0.4 is 0 Å². The summed E-state index contributed by atoms with van der Waals surface area (Å²) in [7, 11) is -8.93. The van der Waals surface area contributed by atoms with E-state index in [1.807, 2.05) is 0 Å². The van der Waals surface area contributed by atoms with Crippen LogP contribution in [0.4, 0.5) is 0 Å². The Kier molecular flexibility index (Phi) is 17.2. The summed E-state index contributed by atoms with van der Waals surface area (Å²) in [6.07, 6.45) is 19.0. The normalized spacial score (nSPS) is 15.1. The maximum atomic E-state index is 12.2. The van der Waals surface area contributed by atoms with Gasteiger partial charge in [-0.2, -0.15) is 21.9 Å². The first-order valence-electron chi connectivity index (χ1n) is 13.7. The maximum Gasteiger partial charge on any atom is 0.294 e. The van der Waals surface area contributed by atoms with E-state index in [2.05, 4.69) is 17.0 Å². The molecule has 1 atom stereocenters. The van der Waals surface area contributed by atoms with Crippen molar-refractivity contribution in [3.05, 3.63) is 24.0 Å². The molecule has 0 aliphatic carbocycles. The van der Waals surface area contributed by atoms with Crippen LogP contribution >= 0.6 is 0 Å². The fourth-order valence-corrected chi connectivity index (χ4v) is 6.42. The molecule has 1 aliphatic heterocycles. The van der Waals surface area contributed by atoms with Crippen LogP contribution in [0.3, 0.4) is 0 Å². The molecule has 2 radical (unpaired) electrons. The van der Waals surface area contributed by atoms with E-state index in [1.54, 1.807) is 0 Å². The molecule has 210 valence electrons. The molecule has 1 aromatic carbocycles. The summed E-state index contributed by atoms with van der Waals surface area (Å²) < 4.78 is 67.6. The second-order valence-electron chi connectivity index (χ2n) is 10.1. The molecule has 1 aromatic heterocycles. The van der Waals surface area contributed by atoms with Crippen LogP contribution in [-0.2, 0) is 20.2 Å². The van der Waals surface area contributed by atoms with Gasteiger partial charge >= 0.3 is 0 Å². The molecule has 0 amide bonds. The van der Waals surface area contributed by atoms with Crippen molar-refractivity contribution in [3.8, 4) is 0 Å². The predicted molar refractivity (Wildman–Crippen MR) is 158 cm³/mol. The third kappa shape index (κ3) is 11.4. The number of fused-ring (bicyclic) bond motifs is 3. The van der Waals surface area contributed by atoms with Gasteiger partial charge in [0.2, 0.25) is 0 Å². The van der Waals surface area contributed by atoms with Crippen LogP contribution in [0.5, 0.6) is 0 Å². The van der Waals surface area contributed by atoms with Gasteiger partial charge in [-0.15, -0.1) is 0 Å². The Labute approximate surface area is 278 Å². The third-order valence-electron chi connectivity index (χ3n) is 7.02. The number of aromatic nitrogens is 2. The van der Waals surface area contributed by atoms with Crippen molar-refractivity contribution in [2.45, 2.75) is 120 Å². The minimum atomic E-state index is -4.50. The van der Waals surface area contributed by atoms with E-state index in [0.29, 0.717) is 17.6 Å². The number of benzene rings is 1. The Morgan fingerprint density at radius 2 is 1.26 bits per heavy atom. The van der Waals surface area contributed by atoms with Gasteiger partial charge in [0, 0.05) is 59.1 Å². The van der Waals surface area contributed by atoms with E-state index in [4.69, 9.17) is 0 Å².